The Morgan fingerprint density at radius 3 is 2.40 bits per heavy atom. The Morgan fingerprint density at radius 2 is 1.72 bits per heavy atom. The van der Waals surface area contributed by atoms with Crippen LogP contribution in [0.25, 0.3) is 0 Å². The second kappa shape index (κ2) is 11.4. The van der Waals surface area contributed by atoms with E-state index in [9.17, 15) is 18.0 Å². The van der Waals surface area contributed by atoms with Crippen molar-refractivity contribution in [1.82, 2.24) is 24.8 Å². The molecule has 230 valence electrons. The number of methoxy groups -OCH3 is 1. The first kappa shape index (κ1) is 29.4. The van der Waals surface area contributed by atoms with Gasteiger partial charge in [0.1, 0.15) is 16.4 Å². The van der Waals surface area contributed by atoms with Crippen molar-refractivity contribution in [3.8, 4) is 5.75 Å². The monoisotopic (exact) mass is 617 g/mol. The zero-order chi connectivity index (χ0) is 30.5. The topological polar surface area (TPSA) is 93.2 Å². The number of nitrogens with one attached hydrogen (secondary N) is 1. The molecule has 0 saturated carbocycles. The molecule has 11 nitrogen and oxygen atoms in total. The second-order valence-corrected chi connectivity index (χ2v) is 12.0. The average molecular weight is 618 g/mol. The SMILES string of the molecule is COc1cc(N2CCC(N3CCN(C)CC3)CC2)ccc1Nc1ncc2c(n1)N(C)c1sc(C(F)(F)F)nc1C(=O)N2C. The molecule has 0 aliphatic carbocycles. The summed E-state index contributed by atoms with van der Waals surface area (Å²) in [6.45, 7) is 6.43. The molecule has 0 atom stereocenters. The van der Waals surface area contributed by atoms with Gasteiger partial charge in [0, 0.05) is 71.2 Å². The molecule has 5 heterocycles. The minimum Gasteiger partial charge on any atom is -0.494 e. The number of ether oxygens (including phenoxy) is 1. The largest absolute Gasteiger partial charge is 0.494 e. The van der Waals surface area contributed by atoms with Crippen molar-refractivity contribution in [1.29, 1.82) is 0 Å². The van der Waals surface area contributed by atoms with E-state index < -0.39 is 17.1 Å². The lowest BCUT2D eigenvalue weighted by Gasteiger charge is -2.42. The number of hydrogen-bond acceptors (Lipinski definition) is 11. The Kier molecular flexibility index (Phi) is 7.81. The number of likely N-dealkylation sites (N-methyl/N-ethyl adjacent to an activating group) is 1. The fourth-order valence-electron chi connectivity index (χ4n) is 5.85. The van der Waals surface area contributed by atoms with Crippen molar-refractivity contribution in [2.75, 3.05) is 87.5 Å². The van der Waals surface area contributed by atoms with Crippen LogP contribution >= 0.6 is 11.3 Å². The van der Waals surface area contributed by atoms with Gasteiger partial charge < -0.3 is 29.7 Å². The molecule has 2 aromatic heterocycles. The molecule has 2 fully saturated rings. The third kappa shape index (κ3) is 5.68. The van der Waals surface area contributed by atoms with Crippen LogP contribution in [0.5, 0.6) is 5.75 Å². The molecular weight excluding hydrogens is 583 g/mol. The molecule has 2 saturated heterocycles. The number of thiazole rings is 1. The van der Waals surface area contributed by atoms with Crippen LogP contribution < -0.4 is 24.8 Å². The summed E-state index contributed by atoms with van der Waals surface area (Å²) in [5.74, 6) is 0.414. The van der Waals surface area contributed by atoms with Gasteiger partial charge in [-0.2, -0.15) is 18.2 Å². The lowest BCUT2D eigenvalue weighted by molar-refractivity contribution is -0.137. The van der Waals surface area contributed by atoms with Gasteiger partial charge in [0.25, 0.3) is 5.91 Å². The predicted octanol–water partition coefficient (Wildman–Crippen LogP) is 4.28. The quantitative estimate of drug-likeness (QED) is 0.447. The summed E-state index contributed by atoms with van der Waals surface area (Å²) in [6.07, 6.45) is -0.969. The second-order valence-electron chi connectivity index (χ2n) is 11.1. The summed E-state index contributed by atoms with van der Waals surface area (Å²) in [4.78, 5) is 35.6. The standard InChI is InChI=1S/C28H34F3N9O2S/c1-36-11-13-40(14-12-36)17-7-9-39(10-8-17)18-5-6-19(21(15-18)42-4)33-27-32-16-20-23(35-27)38(3)25-22(24(41)37(20)2)34-26(43-25)28(29,30)31/h5-6,15-17H,7-14H2,1-4H3,(H,32,33,35). The molecule has 0 radical (unpaired) electrons. The number of carbonyl (C=O) groups is 1. The third-order valence-corrected chi connectivity index (χ3v) is 9.58. The smallest absolute Gasteiger partial charge is 0.443 e. The van der Waals surface area contributed by atoms with Crippen molar-refractivity contribution < 1.29 is 22.7 Å². The van der Waals surface area contributed by atoms with E-state index in [4.69, 9.17) is 4.74 Å². The van der Waals surface area contributed by atoms with Gasteiger partial charge in [-0.25, -0.2) is 9.97 Å². The predicted molar refractivity (Wildman–Crippen MR) is 161 cm³/mol. The zero-order valence-electron chi connectivity index (χ0n) is 24.5. The van der Waals surface area contributed by atoms with Crippen LogP contribution in [0.2, 0.25) is 0 Å². The molecule has 3 aliphatic rings. The van der Waals surface area contributed by atoms with Gasteiger partial charge in [-0.15, -0.1) is 0 Å². The van der Waals surface area contributed by atoms with Crippen LogP contribution in [-0.2, 0) is 6.18 Å². The highest BCUT2D eigenvalue weighted by atomic mass is 32.1. The Balaban J connectivity index is 1.19. The number of fused-ring (bicyclic) bond motifs is 2. The minimum atomic E-state index is -4.67. The molecule has 15 heteroatoms. The molecule has 0 spiro atoms. The number of carbonyl (C=O) groups excluding carboxylic acids is 1. The van der Waals surface area contributed by atoms with E-state index >= 15 is 0 Å². The molecule has 0 unspecified atom stereocenters. The summed E-state index contributed by atoms with van der Waals surface area (Å²) in [5, 5.41) is 2.15. The zero-order valence-corrected chi connectivity index (χ0v) is 25.3. The molecule has 1 N–H and O–H groups in total. The molecule has 43 heavy (non-hydrogen) atoms. The van der Waals surface area contributed by atoms with E-state index in [1.165, 1.54) is 23.0 Å². The van der Waals surface area contributed by atoms with Crippen LogP contribution in [0, 0.1) is 0 Å². The molecule has 1 amide bonds. The van der Waals surface area contributed by atoms with E-state index in [0.29, 0.717) is 34.5 Å². The Labute approximate surface area is 251 Å². The van der Waals surface area contributed by atoms with Gasteiger partial charge in [-0.3, -0.25) is 9.69 Å². The maximum atomic E-state index is 13.4. The van der Waals surface area contributed by atoms with E-state index in [1.807, 2.05) is 18.2 Å². The molecule has 3 aliphatic heterocycles. The van der Waals surface area contributed by atoms with Gasteiger partial charge in [0.15, 0.2) is 11.5 Å². The van der Waals surface area contributed by atoms with Crippen LogP contribution in [0.15, 0.2) is 24.4 Å². The number of anilines is 6. The first-order chi connectivity index (χ1) is 20.5. The number of halogens is 3. The summed E-state index contributed by atoms with van der Waals surface area (Å²) in [5.41, 5.74) is 1.77. The fourth-order valence-corrected chi connectivity index (χ4v) is 6.74. The highest BCUT2D eigenvalue weighted by molar-refractivity contribution is 7.16. The number of piperidine rings is 1. The van der Waals surface area contributed by atoms with E-state index in [2.05, 4.69) is 42.0 Å². The number of benzene rings is 1. The molecule has 0 bridgehead atoms. The number of rotatable bonds is 5. The first-order valence-electron chi connectivity index (χ1n) is 14.1. The summed E-state index contributed by atoms with van der Waals surface area (Å²) >= 11 is 0.404. The molecule has 3 aromatic rings. The Hall–Kier alpha value is -3.69. The fraction of sp³-hybridized carbons (Fsp3) is 0.500. The number of amides is 1. The van der Waals surface area contributed by atoms with Crippen molar-refractivity contribution in [2.45, 2.75) is 25.1 Å². The number of nitrogens with zero attached hydrogens (tertiary/aromatic N) is 8. The van der Waals surface area contributed by atoms with E-state index in [1.54, 1.807) is 14.2 Å². The number of aromatic nitrogens is 3. The number of hydrogen-bond donors (Lipinski definition) is 1. The maximum Gasteiger partial charge on any atom is 0.443 e. The number of alkyl halides is 3. The van der Waals surface area contributed by atoms with E-state index in [-0.39, 0.29) is 22.5 Å². The summed E-state index contributed by atoms with van der Waals surface area (Å²) in [7, 11) is 6.79. The van der Waals surface area contributed by atoms with Crippen molar-refractivity contribution in [2.24, 2.45) is 0 Å². The Morgan fingerprint density at radius 1 is 1.00 bits per heavy atom. The van der Waals surface area contributed by atoms with Gasteiger partial charge in [0.2, 0.25) is 11.0 Å². The van der Waals surface area contributed by atoms with Crippen molar-refractivity contribution >= 4 is 51.1 Å². The number of piperazine rings is 1. The minimum absolute atomic E-state index is 0.0610. The normalized spacial score (nSPS) is 18.9. The van der Waals surface area contributed by atoms with Crippen molar-refractivity contribution in [3.63, 3.8) is 0 Å². The Bertz CT molecular complexity index is 1500. The molecule has 1 aromatic carbocycles. The van der Waals surface area contributed by atoms with Crippen molar-refractivity contribution in [3.05, 3.63) is 35.1 Å². The third-order valence-electron chi connectivity index (χ3n) is 8.41. The molecule has 6 rings (SSSR count). The van der Waals surface area contributed by atoms with Gasteiger partial charge >= 0.3 is 6.18 Å². The van der Waals surface area contributed by atoms with Gasteiger partial charge in [0.05, 0.1) is 19.0 Å². The van der Waals surface area contributed by atoms with Crippen LogP contribution in [0.3, 0.4) is 0 Å². The van der Waals surface area contributed by atoms with Crippen LogP contribution in [0.1, 0.15) is 28.3 Å². The van der Waals surface area contributed by atoms with Gasteiger partial charge in [-0.1, -0.05) is 11.3 Å². The van der Waals surface area contributed by atoms with Crippen LogP contribution in [-0.4, -0.2) is 104 Å². The van der Waals surface area contributed by atoms with Gasteiger partial charge in [-0.05, 0) is 32.0 Å². The highest BCUT2D eigenvalue weighted by Crippen LogP contribution is 2.45. The first-order valence-corrected chi connectivity index (χ1v) is 14.9. The van der Waals surface area contributed by atoms with Crippen LogP contribution in [0.4, 0.5) is 47.0 Å². The van der Waals surface area contributed by atoms with E-state index in [0.717, 1.165) is 57.8 Å². The molecular formula is C28H34F3N9O2S. The average Bonchev–Trinajstić information content (AvgIpc) is 3.45. The summed E-state index contributed by atoms with van der Waals surface area (Å²) in [6, 6.07) is 6.55. The lowest BCUT2D eigenvalue weighted by atomic mass is 10.0. The maximum absolute atomic E-state index is 13.4. The lowest BCUT2D eigenvalue weighted by Crippen LogP contribution is -2.52. The highest BCUT2D eigenvalue weighted by Gasteiger charge is 2.40. The summed E-state index contributed by atoms with van der Waals surface area (Å²) < 4.78 is 45.9.